The minimum absolute atomic E-state index is 0.298. The van der Waals surface area contributed by atoms with Gasteiger partial charge in [-0.2, -0.15) is 4.98 Å². The molecular weight excluding hydrogens is 242 g/mol. The second-order valence-corrected chi connectivity index (χ2v) is 4.37. The molecule has 0 aliphatic heterocycles. The maximum Gasteiger partial charge on any atom is 0.264 e. The van der Waals surface area contributed by atoms with Gasteiger partial charge >= 0.3 is 0 Å². The smallest absolute Gasteiger partial charge is 0.264 e. The molecule has 0 radical (unpaired) electrons. The van der Waals surface area contributed by atoms with Crippen LogP contribution in [0.1, 0.15) is 25.1 Å². The van der Waals surface area contributed by atoms with Crippen LogP contribution in [0.5, 0.6) is 5.75 Å². The fourth-order valence-electron chi connectivity index (χ4n) is 1.94. The van der Waals surface area contributed by atoms with Gasteiger partial charge in [0.15, 0.2) is 12.4 Å². The lowest BCUT2D eigenvalue weighted by molar-refractivity contribution is 0.242. The Morgan fingerprint density at radius 2 is 2.26 bits per heavy atom. The Labute approximate surface area is 110 Å². The third kappa shape index (κ3) is 2.59. The van der Waals surface area contributed by atoms with E-state index in [2.05, 4.69) is 22.0 Å². The minimum atomic E-state index is 0.298. The van der Waals surface area contributed by atoms with Gasteiger partial charge in [0.2, 0.25) is 0 Å². The summed E-state index contributed by atoms with van der Waals surface area (Å²) < 4.78 is 10.8. The Balaban J connectivity index is 1.67. The van der Waals surface area contributed by atoms with Crippen molar-refractivity contribution in [2.75, 3.05) is 0 Å². The van der Waals surface area contributed by atoms with Crippen molar-refractivity contribution in [2.45, 2.75) is 26.4 Å². The molecule has 0 aliphatic carbocycles. The van der Waals surface area contributed by atoms with Crippen LogP contribution in [0.15, 0.2) is 35.0 Å². The molecule has 0 atom stereocenters. The van der Waals surface area contributed by atoms with Gasteiger partial charge in [0.05, 0.1) is 0 Å². The molecular formula is C14H15N3O2. The fraction of sp³-hybridized carbons (Fsp3) is 0.286. The van der Waals surface area contributed by atoms with Gasteiger partial charge in [0.1, 0.15) is 5.75 Å². The van der Waals surface area contributed by atoms with Crippen LogP contribution in [0, 0.1) is 0 Å². The van der Waals surface area contributed by atoms with Gasteiger partial charge in [-0.15, -0.1) is 0 Å². The second kappa shape index (κ2) is 5.14. The first-order chi connectivity index (χ1) is 9.35. The van der Waals surface area contributed by atoms with Gasteiger partial charge in [-0.1, -0.05) is 12.1 Å². The van der Waals surface area contributed by atoms with Crippen molar-refractivity contribution in [1.82, 2.24) is 15.1 Å². The molecule has 0 fully saturated rings. The summed E-state index contributed by atoms with van der Waals surface area (Å²) >= 11 is 0. The van der Waals surface area contributed by atoms with Crippen molar-refractivity contribution in [2.24, 2.45) is 0 Å². The quantitative estimate of drug-likeness (QED) is 0.762. The van der Waals surface area contributed by atoms with Crippen molar-refractivity contribution in [1.29, 1.82) is 0 Å². The van der Waals surface area contributed by atoms with Gasteiger partial charge in [0.25, 0.3) is 5.89 Å². The Morgan fingerprint density at radius 1 is 1.32 bits per heavy atom. The number of nitrogens with zero attached hydrogens (tertiary/aromatic N) is 2. The van der Waals surface area contributed by atoms with E-state index in [0.717, 1.165) is 35.3 Å². The average molecular weight is 257 g/mol. The van der Waals surface area contributed by atoms with E-state index >= 15 is 0 Å². The number of benzene rings is 1. The maximum atomic E-state index is 5.65. The van der Waals surface area contributed by atoms with Gasteiger partial charge in [0, 0.05) is 23.5 Å². The molecule has 0 saturated carbocycles. The number of aryl methyl sites for hydroxylation is 1. The molecule has 19 heavy (non-hydrogen) atoms. The molecule has 1 aromatic carbocycles. The van der Waals surface area contributed by atoms with E-state index < -0.39 is 0 Å². The molecule has 0 bridgehead atoms. The van der Waals surface area contributed by atoms with Gasteiger partial charge in [-0.25, -0.2) is 0 Å². The lowest BCUT2D eigenvalue weighted by atomic mass is 10.2. The zero-order valence-corrected chi connectivity index (χ0v) is 10.7. The zero-order chi connectivity index (χ0) is 13.1. The van der Waals surface area contributed by atoms with E-state index in [1.165, 1.54) is 0 Å². The number of aromatic nitrogens is 3. The van der Waals surface area contributed by atoms with Crippen LogP contribution in [0.3, 0.4) is 0 Å². The highest BCUT2D eigenvalue weighted by Gasteiger charge is 2.06. The average Bonchev–Trinajstić information content (AvgIpc) is 3.04. The van der Waals surface area contributed by atoms with E-state index in [1.807, 2.05) is 30.5 Å². The number of fused-ring (bicyclic) bond motifs is 1. The van der Waals surface area contributed by atoms with Crippen LogP contribution >= 0.6 is 0 Å². The highest BCUT2D eigenvalue weighted by molar-refractivity contribution is 5.80. The summed E-state index contributed by atoms with van der Waals surface area (Å²) in [5.74, 6) is 2.04. The molecule has 5 nitrogen and oxygen atoms in total. The largest absolute Gasteiger partial charge is 0.484 e. The molecule has 0 saturated heterocycles. The highest BCUT2D eigenvalue weighted by Crippen LogP contribution is 2.20. The van der Waals surface area contributed by atoms with Crippen LogP contribution < -0.4 is 4.74 Å². The van der Waals surface area contributed by atoms with Gasteiger partial charge in [-0.05, 0) is 30.7 Å². The Morgan fingerprint density at radius 3 is 3.16 bits per heavy atom. The monoisotopic (exact) mass is 257 g/mol. The van der Waals surface area contributed by atoms with Crippen LogP contribution in [0.2, 0.25) is 0 Å². The predicted octanol–water partition coefficient (Wildman–Crippen LogP) is 3.08. The van der Waals surface area contributed by atoms with Gasteiger partial charge < -0.3 is 14.2 Å². The first-order valence-corrected chi connectivity index (χ1v) is 6.36. The molecule has 1 N–H and O–H groups in total. The topological polar surface area (TPSA) is 63.9 Å². The molecule has 3 aromatic rings. The molecule has 0 amide bonds. The highest BCUT2D eigenvalue weighted by atomic mass is 16.5. The third-order valence-electron chi connectivity index (χ3n) is 2.87. The standard InChI is InChI=1S/C14H15N3O2/c1-2-3-13-16-14(19-17-13)9-18-11-4-5-12-10(8-11)6-7-15-12/h4-8,15H,2-3,9H2,1H3. The summed E-state index contributed by atoms with van der Waals surface area (Å²) in [5.41, 5.74) is 1.09. The van der Waals surface area contributed by atoms with Crippen LogP contribution in [0.25, 0.3) is 10.9 Å². The van der Waals surface area contributed by atoms with Crippen molar-refractivity contribution >= 4 is 10.9 Å². The Hall–Kier alpha value is -2.30. The summed E-state index contributed by atoms with van der Waals surface area (Å²) in [5, 5.41) is 5.01. The van der Waals surface area contributed by atoms with E-state index in [4.69, 9.17) is 9.26 Å². The SMILES string of the molecule is CCCc1noc(COc2ccc3[nH]ccc3c2)n1. The molecule has 2 heterocycles. The first-order valence-electron chi connectivity index (χ1n) is 6.36. The molecule has 0 spiro atoms. The van der Waals surface area contributed by atoms with E-state index in [1.54, 1.807) is 0 Å². The van der Waals surface area contributed by atoms with E-state index in [-0.39, 0.29) is 0 Å². The zero-order valence-electron chi connectivity index (χ0n) is 10.7. The number of hydrogen-bond acceptors (Lipinski definition) is 4. The minimum Gasteiger partial charge on any atom is -0.484 e. The summed E-state index contributed by atoms with van der Waals surface area (Å²) in [6, 6.07) is 7.90. The normalized spacial score (nSPS) is 11.0. The predicted molar refractivity (Wildman–Crippen MR) is 70.9 cm³/mol. The second-order valence-electron chi connectivity index (χ2n) is 4.37. The molecule has 0 aliphatic rings. The first kappa shape index (κ1) is 11.8. The molecule has 0 unspecified atom stereocenters. The van der Waals surface area contributed by atoms with Crippen LogP contribution in [0.4, 0.5) is 0 Å². The lowest BCUT2D eigenvalue weighted by Crippen LogP contribution is -1.96. The Bertz CT molecular complexity index is 672. The summed E-state index contributed by atoms with van der Waals surface area (Å²) in [4.78, 5) is 7.40. The van der Waals surface area contributed by atoms with Crippen molar-refractivity contribution in [3.05, 3.63) is 42.2 Å². The number of aromatic amines is 1. The number of nitrogens with one attached hydrogen (secondary N) is 1. The summed E-state index contributed by atoms with van der Waals surface area (Å²) in [7, 11) is 0. The molecule has 2 aromatic heterocycles. The Kier molecular flexibility index (Phi) is 3.18. The van der Waals surface area contributed by atoms with Crippen molar-refractivity contribution in [3.8, 4) is 5.75 Å². The molecule has 98 valence electrons. The number of rotatable bonds is 5. The summed E-state index contributed by atoms with van der Waals surface area (Å²) in [6.45, 7) is 2.38. The fourth-order valence-corrected chi connectivity index (χ4v) is 1.94. The molecule has 3 rings (SSSR count). The van der Waals surface area contributed by atoms with E-state index in [0.29, 0.717) is 12.5 Å². The van der Waals surface area contributed by atoms with Crippen LogP contribution in [-0.2, 0) is 13.0 Å². The van der Waals surface area contributed by atoms with Crippen LogP contribution in [-0.4, -0.2) is 15.1 Å². The third-order valence-corrected chi connectivity index (χ3v) is 2.87. The number of ether oxygens (including phenoxy) is 1. The molecule has 5 heteroatoms. The number of hydrogen-bond donors (Lipinski definition) is 1. The lowest BCUT2D eigenvalue weighted by Gasteiger charge is -2.02. The summed E-state index contributed by atoms with van der Waals surface area (Å²) in [6.07, 6.45) is 3.74. The maximum absolute atomic E-state index is 5.65. The van der Waals surface area contributed by atoms with Gasteiger partial charge in [-0.3, -0.25) is 0 Å². The van der Waals surface area contributed by atoms with Crippen molar-refractivity contribution < 1.29 is 9.26 Å². The number of H-pyrrole nitrogens is 1. The van der Waals surface area contributed by atoms with Crippen molar-refractivity contribution in [3.63, 3.8) is 0 Å². The van der Waals surface area contributed by atoms with E-state index in [9.17, 15) is 0 Å².